The van der Waals surface area contributed by atoms with Gasteiger partial charge < -0.3 is 14.6 Å². The molecule has 1 rings (SSSR count). The van der Waals surface area contributed by atoms with Gasteiger partial charge in [-0.1, -0.05) is 0 Å². The molecule has 1 N–H and O–H groups in total. The van der Waals surface area contributed by atoms with E-state index in [4.69, 9.17) is 9.47 Å². The highest BCUT2D eigenvalue weighted by molar-refractivity contribution is 5.75. The fraction of sp³-hybridized carbons (Fsp3) is 0.917. The summed E-state index contributed by atoms with van der Waals surface area (Å²) in [6.07, 6.45) is -0.240. The summed E-state index contributed by atoms with van der Waals surface area (Å²) < 4.78 is 10.7. The van der Waals surface area contributed by atoms with Crippen LogP contribution in [0.2, 0.25) is 0 Å². The van der Waals surface area contributed by atoms with Crippen LogP contribution in [0.1, 0.15) is 27.7 Å². The average molecular weight is 245 g/mol. The number of hydrogen-bond donors (Lipinski definition) is 1. The molecule has 0 spiro atoms. The van der Waals surface area contributed by atoms with E-state index >= 15 is 0 Å². The molecule has 5 nitrogen and oxygen atoms in total. The number of esters is 1. The van der Waals surface area contributed by atoms with Gasteiger partial charge in [-0.3, -0.25) is 9.69 Å². The fourth-order valence-electron chi connectivity index (χ4n) is 2.14. The van der Waals surface area contributed by atoms with Crippen LogP contribution in [0.25, 0.3) is 0 Å². The maximum atomic E-state index is 11.7. The molecule has 0 bridgehead atoms. The van der Waals surface area contributed by atoms with E-state index in [0.29, 0.717) is 19.7 Å². The Balaban J connectivity index is 2.66. The molecular weight excluding hydrogens is 222 g/mol. The van der Waals surface area contributed by atoms with Gasteiger partial charge in [-0.05, 0) is 27.7 Å². The van der Waals surface area contributed by atoms with Crippen molar-refractivity contribution >= 4 is 5.97 Å². The van der Waals surface area contributed by atoms with Gasteiger partial charge in [0.2, 0.25) is 0 Å². The molecule has 1 heterocycles. The minimum Gasteiger partial charge on any atom is -0.465 e. The lowest BCUT2D eigenvalue weighted by Gasteiger charge is -2.44. The highest BCUT2D eigenvalue weighted by atomic mass is 16.5. The van der Waals surface area contributed by atoms with Gasteiger partial charge in [-0.25, -0.2) is 0 Å². The molecule has 2 unspecified atom stereocenters. The van der Waals surface area contributed by atoms with Crippen LogP contribution >= 0.6 is 0 Å². The largest absolute Gasteiger partial charge is 0.465 e. The third-order valence-electron chi connectivity index (χ3n) is 2.89. The first-order chi connectivity index (χ1) is 7.89. The van der Waals surface area contributed by atoms with E-state index in [-0.39, 0.29) is 30.3 Å². The molecule has 1 saturated heterocycles. The molecular formula is C12H23NO4. The summed E-state index contributed by atoms with van der Waals surface area (Å²) >= 11 is 0. The average Bonchev–Trinajstić information content (AvgIpc) is 2.26. The number of aliphatic hydroxyl groups excluding tert-OH is 1. The Morgan fingerprint density at radius 1 is 1.65 bits per heavy atom. The van der Waals surface area contributed by atoms with Crippen LogP contribution in [0.5, 0.6) is 0 Å². The molecule has 5 heteroatoms. The Bertz CT molecular complexity index is 267. The van der Waals surface area contributed by atoms with Crippen LogP contribution in [-0.4, -0.2) is 60.0 Å². The second-order valence-electron chi connectivity index (χ2n) is 5.04. The Labute approximate surface area is 103 Å². The van der Waals surface area contributed by atoms with Gasteiger partial charge in [0.15, 0.2) is 0 Å². The minimum absolute atomic E-state index is 0.0323. The number of rotatable bonds is 4. The molecule has 2 atom stereocenters. The Hall–Kier alpha value is -0.650. The zero-order valence-corrected chi connectivity index (χ0v) is 11.1. The van der Waals surface area contributed by atoms with Crippen LogP contribution < -0.4 is 0 Å². The van der Waals surface area contributed by atoms with Crippen molar-refractivity contribution in [3.63, 3.8) is 0 Å². The van der Waals surface area contributed by atoms with Gasteiger partial charge in [-0.15, -0.1) is 0 Å². The zero-order valence-electron chi connectivity index (χ0n) is 11.1. The second kappa shape index (κ2) is 5.80. The van der Waals surface area contributed by atoms with E-state index in [9.17, 15) is 9.90 Å². The first kappa shape index (κ1) is 14.4. The van der Waals surface area contributed by atoms with E-state index in [2.05, 4.69) is 0 Å². The SMILES string of the molecule is CCOC(=O)C(C)N1CC(CO)OC(C)(C)C1. The number of hydrogen-bond acceptors (Lipinski definition) is 5. The summed E-state index contributed by atoms with van der Waals surface area (Å²) in [5, 5.41) is 9.20. The zero-order chi connectivity index (χ0) is 13.1. The Morgan fingerprint density at radius 3 is 2.82 bits per heavy atom. The standard InChI is InChI=1S/C12H23NO4/c1-5-16-11(15)9(2)13-6-10(7-14)17-12(3,4)8-13/h9-10,14H,5-8H2,1-4H3. The number of carbonyl (C=O) groups excluding carboxylic acids is 1. The summed E-state index contributed by atoms with van der Waals surface area (Å²) in [7, 11) is 0. The quantitative estimate of drug-likeness (QED) is 0.727. The van der Waals surface area contributed by atoms with Gasteiger partial charge in [-0.2, -0.15) is 0 Å². The van der Waals surface area contributed by atoms with Crippen molar-refractivity contribution in [1.29, 1.82) is 0 Å². The predicted molar refractivity (Wildman–Crippen MR) is 63.7 cm³/mol. The monoisotopic (exact) mass is 245 g/mol. The van der Waals surface area contributed by atoms with Crippen LogP contribution in [0, 0.1) is 0 Å². The highest BCUT2D eigenvalue weighted by Crippen LogP contribution is 2.22. The van der Waals surface area contributed by atoms with E-state index in [1.165, 1.54) is 0 Å². The molecule has 0 aromatic rings. The Kier molecular flexibility index (Phi) is 4.91. The van der Waals surface area contributed by atoms with E-state index < -0.39 is 0 Å². The molecule has 1 aliphatic heterocycles. The maximum Gasteiger partial charge on any atom is 0.323 e. The van der Waals surface area contributed by atoms with E-state index in [1.54, 1.807) is 6.92 Å². The molecule has 1 aliphatic rings. The molecule has 0 saturated carbocycles. The minimum atomic E-state index is -0.355. The van der Waals surface area contributed by atoms with Crippen molar-refractivity contribution in [3.05, 3.63) is 0 Å². The van der Waals surface area contributed by atoms with Gasteiger partial charge in [0.05, 0.1) is 24.9 Å². The third kappa shape index (κ3) is 3.94. The van der Waals surface area contributed by atoms with Crippen LogP contribution in [0.15, 0.2) is 0 Å². The van der Waals surface area contributed by atoms with Gasteiger partial charge >= 0.3 is 5.97 Å². The highest BCUT2D eigenvalue weighted by Gasteiger charge is 2.37. The summed E-state index contributed by atoms with van der Waals surface area (Å²) in [5.74, 6) is -0.220. The second-order valence-corrected chi connectivity index (χ2v) is 5.04. The van der Waals surface area contributed by atoms with Crippen LogP contribution in [-0.2, 0) is 14.3 Å². The van der Waals surface area contributed by atoms with Crippen molar-refractivity contribution in [2.75, 3.05) is 26.3 Å². The molecule has 0 aromatic heterocycles. The van der Waals surface area contributed by atoms with Crippen molar-refractivity contribution in [2.24, 2.45) is 0 Å². The molecule has 17 heavy (non-hydrogen) atoms. The van der Waals surface area contributed by atoms with Crippen molar-refractivity contribution in [3.8, 4) is 0 Å². The van der Waals surface area contributed by atoms with Crippen LogP contribution in [0.4, 0.5) is 0 Å². The van der Waals surface area contributed by atoms with Gasteiger partial charge in [0.25, 0.3) is 0 Å². The predicted octanol–water partition coefficient (Wildman–Crippen LogP) is 0.410. The lowest BCUT2D eigenvalue weighted by Crippen LogP contribution is -2.57. The lowest BCUT2D eigenvalue weighted by atomic mass is 10.0. The number of carbonyl (C=O) groups is 1. The molecule has 0 aliphatic carbocycles. The molecule has 1 fully saturated rings. The van der Waals surface area contributed by atoms with Crippen molar-refractivity contribution in [2.45, 2.75) is 45.4 Å². The molecule has 0 radical (unpaired) electrons. The lowest BCUT2D eigenvalue weighted by molar-refractivity contribution is -0.170. The normalized spacial score (nSPS) is 26.5. The van der Waals surface area contributed by atoms with Gasteiger partial charge in [0.1, 0.15) is 6.04 Å². The van der Waals surface area contributed by atoms with E-state index in [1.807, 2.05) is 25.7 Å². The number of morpholine rings is 1. The summed E-state index contributed by atoms with van der Waals surface area (Å²) in [6, 6.07) is -0.299. The smallest absolute Gasteiger partial charge is 0.323 e. The summed E-state index contributed by atoms with van der Waals surface area (Å²) in [5.41, 5.74) is -0.355. The summed E-state index contributed by atoms with van der Waals surface area (Å²) in [4.78, 5) is 13.7. The van der Waals surface area contributed by atoms with Crippen LogP contribution in [0.3, 0.4) is 0 Å². The van der Waals surface area contributed by atoms with E-state index in [0.717, 1.165) is 0 Å². The van der Waals surface area contributed by atoms with Crippen molar-refractivity contribution < 1.29 is 19.4 Å². The summed E-state index contributed by atoms with van der Waals surface area (Å²) in [6.45, 7) is 9.11. The number of nitrogens with zero attached hydrogens (tertiary/aromatic N) is 1. The molecule has 0 amide bonds. The molecule has 100 valence electrons. The fourth-order valence-corrected chi connectivity index (χ4v) is 2.14. The maximum absolute atomic E-state index is 11.7. The van der Waals surface area contributed by atoms with Crippen molar-refractivity contribution in [1.82, 2.24) is 4.90 Å². The molecule has 0 aromatic carbocycles. The number of ether oxygens (including phenoxy) is 2. The Morgan fingerprint density at radius 2 is 2.29 bits per heavy atom. The first-order valence-corrected chi connectivity index (χ1v) is 6.09. The number of aliphatic hydroxyl groups is 1. The first-order valence-electron chi connectivity index (χ1n) is 6.09. The van der Waals surface area contributed by atoms with Gasteiger partial charge in [0, 0.05) is 13.1 Å². The topological polar surface area (TPSA) is 59.0 Å². The third-order valence-corrected chi connectivity index (χ3v) is 2.89.